The van der Waals surface area contributed by atoms with Crippen LogP contribution in [-0.4, -0.2) is 34.9 Å². The summed E-state index contributed by atoms with van der Waals surface area (Å²) in [6.45, 7) is 0.0623. The second kappa shape index (κ2) is 7.38. The van der Waals surface area contributed by atoms with Gasteiger partial charge in [-0.1, -0.05) is 12.1 Å². The van der Waals surface area contributed by atoms with E-state index in [1.165, 1.54) is 24.3 Å². The molecule has 0 bridgehead atoms. The molecule has 1 unspecified atom stereocenters. The predicted octanol–water partition coefficient (Wildman–Crippen LogP) is 1.46. The van der Waals surface area contributed by atoms with Crippen LogP contribution in [0.1, 0.15) is 37.4 Å². The van der Waals surface area contributed by atoms with Crippen molar-refractivity contribution in [2.75, 3.05) is 6.54 Å². The van der Waals surface area contributed by atoms with Crippen molar-refractivity contribution in [3.8, 4) is 0 Å². The number of urea groups is 1. The average molecular weight is 296 g/mol. The summed E-state index contributed by atoms with van der Waals surface area (Å²) in [5.74, 6) is -0.365. The van der Waals surface area contributed by atoms with Crippen LogP contribution in [-0.2, 0) is 0 Å². The van der Waals surface area contributed by atoms with Crippen LogP contribution in [0.15, 0.2) is 24.3 Å². The van der Waals surface area contributed by atoms with Crippen molar-refractivity contribution in [2.45, 2.75) is 43.9 Å². The molecule has 0 aliphatic heterocycles. The maximum Gasteiger partial charge on any atom is 0.315 e. The van der Waals surface area contributed by atoms with E-state index in [0.717, 1.165) is 12.8 Å². The third kappa shape index (κ3) is 4.99. The zero-order valence-corrected chi connectivity index (χ0v) is 11.8. The van der Waals surface area contributed by atoms with Crippen LogP contribution in [0.5, 0.6) is 0 Å². The van der Waals surface area contributed by atoms with E-state index in [9.17, 15) is 19.4 Å². The van der Waals surface area contributed by atoms with Crippen LogP contribution in [0.2, 0.25) is 0 Å². The lowest BCUT2D eigenvalue weighted by Crippen LogP contribution is -2.45. The van der Waals surface area contributed by atoms with Crippen molar-refractivity contribution in [1.82, 2.24) is 10.6 Å². The van der Waals surface area contributed by atoms with Crippen molar-refractivity contribution in [3.63, 3.8) is 0 Å². The highest BCUT2D eigenvalue weighted by molar-refractivity contribution is 5.74. The number of amides is 2. The first-order valence-corrected chi connectivity index (χ1v) is 7.20. The highest BCUT2D eigenvalue weighted by Gasteiger charge is 2.20. The molecule has 2 rings (SSSR count). The summed E-state index contributed by atoms with van der Waals surface area (Å²) in [6, 6.07) is 5.25. The van der Waals surface area contributed by atoms with Crippen molar-refractivity contribution < 1.29 is 19.4 Å². The summed E-state index contributed by atoms with van der Waals surface area (Å²) in [5.41, 5.74) is 0.553. The Hall–Kier alpha value is -1.66. The number of carbonyl (C=O) groups excluding carboxylic acids is 1. The summed E-state index contributed by atoms with van der Waals surface area (Å²) in [7, 11) is 0. The molecular weight excluding hydrogens is 275 g/mol. The minimum atomic E-state index is -0.871. The molecule has 0 saturated heterocycles. The van der Waals surface area contributed by atoms with Gasteiger partial charge in [0.15, 0.2) is 0 Å². The van der Waals surface area contributed by atoms with Gasteiger partial charge in [-0.25, -0.2) is 9.18 Å². The molecule has 1 atom stereocenters. The smallest absolute Gasteiger partial charge is 0.315 e. The third-order valence-electron chi connectivity index (χ3n) is 3.74. The maximum atomic E-state index is 12.8. The van der Waals surface area contributed by atoms with Crippen molar-refractivity contribution in [3.05, 3.63) is 35.6 Å². The van der Waals surface area contributed by atoms with Crippen LogP contribution >= 0.6 is 0 Å². The molecule has 1 aliphatic carbocycles. The van der Waals surface area contributed by atoms with Gasteiger partial charge < -0.3 is 20.8 Å². The van der Waals surface area contributed by atoms with Gasteiger partial charge in [0.05, 0.1) is 12.2 Å². The molecule has 6 heteroatoms. The number of carbonyl (C=O) groups is 1. The summed E-state index contributed by atoms with van der Waals surface area (Å²) >= 11 is 0. The van der Waals surface area contributed by atoms with E-state index in [0.29, 0.717) is 18.4 Å². The van der Waals surface area contributed by atoms with Gasteiger partial charge in [0.2, 0.25) is 0 Å². The monoisotopic (exact) mass is 296 g/mol. The normalized spacial score (nSPS) is 23.4. The van der Waals surface area contributed by atoms with E-state index in [4.69, 9.17) is 0 Å². The average Bonchev–Trinajstić information content (AvgIpc) is 2.48. The summed E-state index contributed by atoms with van der Waals surface area (Å²) in [6.07, 6.45) is 1.78. The van der Waals surface area contributed by atoms with Crippen LogP contribution in [0.3, 0.4) is 0 Å². The Morgan fingerprint density at radius 2 is 1.86 bits per heavy atom. The van der Waals surface area contributed by atoms with E-state index < -0.39 is 6.10 Å². The quantitative estimate of drug-likeness (QED) is 0.679. The van der Waals surface area contributed by atoms with E-state index in [1.54, 1.807) is 0 Å². The number of rotatable bonds is 4. The lowest BCUT2D eigenvalue weighted by molar-refractivity contribution is 0.117. The fourth-order valence-electron chi connectivity index (χ4n) is 2.45. The molecule has 1 saturated carbocycles. The van der Waals surface area contributed by atoms with Gasteiger partial charge in [-0.05, 0) is 43.4 Å². The Bertz CT molecular complexity index is 458. The van der Waals surface area contributed by atoms with Crippen LogP contribution in [0.4, 0.5) is 9.18 Å². The lowest BCUT2D eigenvalue weighted by atomic mass is 9.93. The van der Waals surface area contributed by atoms with Gasteiger partial charge in [-0.15, -0.1) is 0 Å². The summed E-state index contributed by atoms with van der Waals surface area (Å²) in [4.78, 5) is 11.7. The number of nitrogens with one attached hydrogen (secondary N) is 2. The molecule has 1 fully saturated rings. The minimum absolute atomic E-state index is 0.0623. The molecule has 4 N–H and O–H groups in total. The van der Waals surface area contributed by atoms with E-state index in [1.807, 2.05) is 0 Å². The molecule has 21 heavy (non-hydrogen) atoms. The van der Waals surface area contributed by atoms with Gasteiger partial charge >= 0.3 is 6.03 Å². The van der Waals surface area contributed by atoms with Crippen molar-refractivity contribution in [1.29, 1.82) is 0 Å². The molecule has 5 nitrogen and oxygen atoms in total. The topological polar surface area (TPSA) is 81.6 Å². The van der Waals surface area contributed by atoms with Crippen molar-refractivity contribution >= 4 is 6.03 Å². The fraction of sp³-hybridized carbons (Fsp3) is 0.533. The molecule has 1 aliphatic rings. The number of hydrogen-bond acceptors (Lipinski definition) is 3. The Labute approximate surface area is 123 Å². The number of benzene rings is 1. The maximum absolute atomic E-state index is 12.8. The van der Waals surface area contributed by atoms with Gasteiger partial charge in [0, 0.05) is 12.6 Å². The van der Waals surface area contributed by atoms with Crippen LogP contribution in [0.25, 0.3) is 0 Å². The zero-order chi connectivity index (χ0) is 15.2. The van der Waals surface area contributed by atoms with Crippen LogP contribution < -0.4 is 10.6 Å². The first-order valence-electron chi connectivity index (χ1n) is 7.20. The highest BCUT2D eigenvalue weighted by Crippen LogP contribution is 2.18. The SMILES string of the molecule is O=C(NCC(O)c1ccc(F)cc1)NC1CCC(O)CC1. The van der Waals surface area contributed by atoms with E-state index in [-0.39, 0.29) is 30.5 Å². The molecule has 1 aromatic carbocycles. The highest BCUT2D eigenvalue weighted by atomic mass is 19.1. The molecular formula is C15H21FN2O3. The standard InChI is InChI=1S/C15H21FN2O3/c16-11-3-1-10(2-4-11)14(20)9-17-15(21)18-12-5-7-13(19)8-6-12/h1-4,12-14,19-20H,5-9H2,(H2,17,18,21). The molecule has 0 aromatic heterocycles. The van der Waals surface area contributed by atoms with Gasteiger partial charge in [-0.3, -0.25) is 0 Å². The Kier molecular flexibility index (Phi) is 5.52. The Morgan fingerprint density at radius 1 is 1.24 bits per heavy atom. The van der Waals surface area contributed by atoms with E-state index in [2.05, 4.69) is 10.6 Å². The third-order valence-corrected chi connectivity index (χ3v) is 3.74. The summed E-state index contributed by atoms with van der Waals surface area (Å²) < 4.78 is 12.8. The van der Waals surface area contributed by atoms with Crippen LogP contribution in [0, 0.1) is 5.82 Å². The van der Waals surface area contributed by atoms with Gasteiger partial charge in [0.1, 0.15) is 5.82 Å². The summed E-state index contributed by atoms with van der Waals surface area (Å²) in [5, 5.41) is 24.7. The Balaban J connectivity index is 1.72. The number of aliphatic hydroxyl groups is 2. The van der Waals surface area contributed by atoms with Gasteiger partial charge in [0.25, 0.3) is 0 Å². The number of halogens is 1. The number of hydrogen-bond donors (Lipinski definition) is 4. The largest absolute Gasteiger partial charge is 0.393 e. The molecule has 0 heterocycles. The fourth-order valence-corrected chi connectivity index (χ4v) is 2.45. The van der Waals surface area contributed by atoms with E-state index >= 15 is 0 Å². The zero-order valence-electron chi connectivity index (χ0n) is 11.8. The molecule has 2 amide bonds. The second-order valence-corrected chi connectivity index (χ2v) is 5.43. The van der Waals surface area contributed by atoms with Crippen molar-refractivity contribution in [2.24, 2.45) is 0 Å². The predicted molar refractivity (Wildman–Crippen MR) is 76.2 cm³/mol. The minimum Gasteiger partial charge on any atom is -0.393 e. The second-order valence-electron chi connectivity index (χ2n) is 5.43. The molecule has 0 spiro atoms. The molecule has 116 valence electrons. The van der Waals surface area contributed by atoms with Gasteiger partial charge in [-0.2, -0.15) is 0 Å². The molecule has 0 radical (unpaired) electrons. The Morgan fingerprint density at radius 3 is 2.48 bits per heavy atom. The molecule has 1 aromatic rings. The lowest BCUT2D eigenvalue weighted by Gasteiger charge is -2.26. The first kappa shape index (κ1) is 15.7. The number of aliphatic hydroxyl groups excluding tert-OH is 2. The first-order chi connectivity index (χ1) is 10.0.